The third-order valence-electron chi connectivity index (χ3n) is 3.65. The second kappa shape index (κ2) is 8.60. The van der Waals surface area contributed by atoms with Crippen molar-refractivity contribution in [3.8, 4) is 0 Å². The lowest BCUT2D eigenvalue weighted by atomic mass is 10.2. The SMILES string of the molecule is Cc1cccc(NC(=O)NCC(=O)N(C)C2CCNC2)c1.Cl. The Balaban J connectivity index is 0.00000242. The molecule has 1 fully saturated rings. The van der Waals surface area contributed by atoms with Gasteiger partial charge < -0.3 is 20.9 Å². The number of hydrogen-bond donors (Lipinski definition) is 3. The average Bonchev–Trinajstić information content (AvgIpc) is 2.98. The highest BCUT2D eigenvalue weighted by Gasteiger charge is 2.23. The molecule has 1 aliphatic rings. The Morgan fingerprint density at radius 2 is 2.18 bits per heavy atom. The van der Waals surface area contributed by atoms with E-state index in [-0.39, 0.29) is 36.9 Å². The summed E-state index contributed by atoms with van der Waals surface area (Å²) >= 11 is 0. The number of aryl methyl sites for hydroxylation is 1. The van der Waals surface area contributed by atoms with Gasteiger partial charge in [0, 0.05) is 25.3 Å². The summed E-state index contributed by atoms with van der Waals surface area (Å²) in [4.78, 5) is 25.5. The number of carbonyl (C=O) groups excluding carboxylic acids is 2. The molecular weight excluding hydrogens is 304 g/mol. The number of anilines is 1. The van der Waals surface area contributed by atoms with E-state index in [1.165, 1.54) is 0 Å². The van der Waals surface area contributed by atoms with Crippen molar-refractivity contribution >= 4 is 30.0 Å². The van der Waals surface area contributed by atoms with Gasteiger partial charge in [-0.1, -0.05) is 12.1 Å². The van der Waals surface area contributed by atoms with Crippen molar-refractivity contribution in [2.45, 2.75) is 19.4 Å². The van der Waals surface area contributed by atoms with Crippen LogP contribution in [0, 0.1) is 6.92 Å². The zero-order chi connectivity index (χ0) is 15.2. The molecular formula is C15H23ClN4O2. The van der Waals surface area contributed by atoms with Crippen molar-refractivity contribution in [1.29, 1.82) is 0 Å². The van der Waals surface area contributed by atoms with Crippen LogP contribution < -0.4 is 16.0 Å². The normalized spacial score (nSPS) is 16.5. The number of amides is 3. The smallest absolute Gasteiger partial charge is 0.319 e. The first-order valence-corrected chi connectivity index (χ1v) is 7.14. The summed E-state index contributed by atoms with van der Waals surface area (Å²) in [6.07, 6.45) is 0.956. The molecule has 1 saturated heterocycles. The molecule has 1 unspecified atom stereocenters. The Morgan fingerprint density at radius 1 is 1.41 bits per heavy atom. The number of nitrogens with one attached hydrogen (secondary N) is 3. The number of benzene rings is 1. The van der Waals surface area contributed by atoms with Crippen LogP contribution in [0.15, 0.2) is 24.3 Å². The predicted molar refractivity (Wildman–Crippen MR) is 89.5 cm³/mol. The maximum Gasteiger partial charge on any atom is 0.319 e. The molecule has 3 amide bonds. The molecule has 0 saturated carbocycles. The largest absolute Gasteiger partial charge is 0.340 e. The molecule has 1 aliphatic heterocycles. The summed E-state index contributed by atoms with van der Waals surface area (Å²) in [6, 6.07) is 7.36. The molecule has 2 rings (SSSR count). The zero-order valence-electron chi connectivity index (χ0n) is 12.9. The van der Waals surface area contributed by atoms with E-state index in [1.807, 2.05) is 31.2 Å². The molecule has 1 aromatic carbocycles. The summed E-state index contributed by atoms with van der Waals surface area (Å²) in [5.41, 5.74) is 1.78. The van der Waals surface area contributed by atoms with Crippen LogP contribution in [0.1, 0.15) is 12.0 Å². The minimum Gasteiger partial charge on any atom is -0.340 e. The number of hydrogen-bond acceptors (Lipinski definition) is 3. The number of urea groups is 1. The quantitative estimate of drug-likeness (QED) is 0.782. The van der Waals surface area contributed by atoms with E-state index < -0.39 is 0 Å². The van der Waals surface area contributed by atoms with Crippen LogP contribution in [-0.4, -0.2) is 49.6 Å². The van der Waals surface area contributed by atoms with Crippen LogP contribution in [-0.2, 0) is 4.79 Å². The molecule has 3 N–H and O–H groups in total. The van der Waals surface area contributed by atoms with E-state index >= 15 is 0 Å². The van der Waals surface area contributed by atoms with Gasteiger partial charge in [0.05, 0.1) is 6.54 Å². The van der Waals surface area contributed by atoms with Gasteiger partial charge in [-0.3, -0.25) is 4.79 Å². The topological polar surface area (TPSA) is 73.5 Å². The third-order valence-corrected chi connectivity index (χ3v) is 3.65. The van der Waals surface area contributed by atoms with E-state index in [2.05, 4.69) is 16.0 Å². The predicted octanol–water partition coefficient (Wildman–Crippen LogP) is 1.36. The summed E-state index contributed by atoms with van der Waals surface area (Å²) < 4.78 is 0. The molecule has 0 bridgehead atoms. The average molecular weight is 327 g/mol. The Morgan fingerprint density at radius 3 is 2.82 bits per heavy atom. The highest BCUT2D eigenvalue weighted by Crippen LogP contribution is 2.09. The fraction of sp³-hybridized carbons (Fsp3) is 0.467. The number of halogens is 1. The van der Waals surface area contributed by atoms with E-state index in [9.17, 15) is 9.59 Å². The molecule has 1 aromatic rings. The van der Waals surface area contributed by atoms with Crippen LogP contribution in [0.5, 0.6) is 0 Å². The van der Waals surface area contributed by atoms with Crippen molar-refractivity contribution in [2.75, 3.05) is 32.0 Å². The molecule has 0 aromatic heterocycles. The maximum atomic E-state index is 12.0. The van der Waals surface area contributed by atoms with Gasteiger partial charge in [0.15, 0.2) is 0 Å². The summed E-state index contributed by atoms with van der Waals surface area (Å²) in [6.45, 7) is 3.71. The molecule has 0 spiro atoms. The first-order chi connectivity index (χ1) is 10.1. The number of likely N-dealkylation sites (N-methyl/N-ethyl adjacent to an activating group) is 1. The second-order valence-electron chi connectivity index (χ2n) is 5.33. The molecule has 6 nitrogen and oxygen atoms in total. The molecule has 22 heavy (non-hydrogen) atoms. The van der Waals surface area contributed by atoms with Gasteiger partial charge in [-0.15, -0.1) is 12.4 Å². The fourth-order valence-electron chi connectivity index (χ4n) is 2.35. The molecule has 0 aliphatic carbocycles. The molecule has 1 heterocycles. The van der Waals surface area contributed by atoms with E-state index in [4.69, 9.17) is 0 Å². The zero-order valence-corrected chi connectivity index (χ0v) is 13.7. The Bertz CT molecular complexity index is 518. The minimum absolute atomic E-state index is 0. The van der Waals surface area contributed by atoms with Gasteiger partial charge in [-0.2, -0.15) is 0 Å². The Kier molecular flexibility index (Phi) is 7.14. The van der Waals surface area contributed by atoms with Crippen molar-refractivity contribution in [3.05, 3.63) is 29.8 Å². The van der Waals surface area contributed by atoms with E-state index in [0.717, 1.165) is 25.1 Å². The van der Waals surface area contributed by atoms with Gasteiger partial charge in [0.1, 0.15) is 0 Å². The second-order valence-corrected chi connectivity index (χ2v) is 5.33. The molecule has 122 valence electrons. The highest BCUT2D eigenvalue weighted by molar-refractivity contribution is 5.92. The van der Waals surface area contributed by atoms with Crippen LogP contribution >= 0.6 is 12.4 Å². The van der Waals surface area contributed by atoms with Gasteiger partial charge in [-0.25, -0.2) is 4.79 Å². The Hall–Kier alpha value is -1.79. The molecule has 7 heteroatoms. The van der Waals surface area contributed by atoms with Crippen LogP contribution in [0.2, 0.25) is 0 Å². The summed E-state index contributed by atoms with van der Waals surface area (Å²) in [5.74, 6) is -0.0805. The van der Waals surface area contributed by atoms with Crippen molar-refractivity contribution in [1.82, 2.24) is 15.5 Å². The van der Waals surface area contributed by atoms with Crippen molar-refractivity contribution < 1.29 is 9.59 Å². The first-order valence-electron chi connectivity index (χ1n) is 7.14. The van der Waals surface area contributed by atoms with Crippen LogP contribution in [0.4, 0.5) is 10.5 Å². The summed E-state index contributed by atoms with van der Waals surface area (Å²) in [5, 5.41) is 8.52. The first kappa shape index (κ1) is 18.3. The Labute approximate surface area is 137 Å². The lowest BCUT2D eigenvalue weighted by Crippen LogP contribution is -2.44. The lowest BCUT2D eigenvalue weighted by Gasteiger charge is -2.23. The minimum atomic E-state index is -0.369. The molecule has 0 radical (unpaired) electrons. The number of rotatable bonds is 4. The van der Waals surface area contributed by atoms with Gasteiger partial charge in [0.25, 0.3) is 0 Å². The van der Waals surface area contributed by atoms with E-state index in [0.29, 0.717) is 5.69 Å². The third kappa shape index (κ3) is 5.20. The maximum absolute atomic E-state index is 12.0. The summed E-state index contributed by atoms with van der Waals surface area (Å²) in [7, 11) is 1.78. The lowest BCUT2D eigenvalue weighted by molar-refractivity contribution is -0.130. The van der Waals surface area contributed by atoms with Crippen LogP contribution in [0.3, 0.4) is 0 Å². The van der Waals surface area contributed by atoms with Gasteiger partial charge in [0.2, 0.25) is 5.91 Å². The van der Waals surface area contributed by atoms with Gasteiger partial charge in [-0.05, 0) is 37.6 Å². The van der Waals surface area contributed by atoms with Crippen molar-refractivity contribution in [3.63, 3.8) is 0 Å². The number of carbonyl (C=O) groups is 2. The van der Waals surface area contributed by atoms with Crippen molar-refractivity contribution in [2.24, 2.45) is 0 Å². The standard InChI is InChI=1S/C15H22N4O2.ClH/c1-11-4-3-5-12(8-11)18-15(21)17-10-14(20)19(2)13-6-7-16-9-13;/h3-5,8,13,16H,6-7,9-10H2,1-2H3,(H2,17,18,21);1H. The highest BCUT2D eigenvalue weighted by atomic mass is 35.5. The monoisotopic (exact) mass is 326 g/mol. The fourth-order valence-corrected chi connectivity index (χ4v) is 2.35. The number of nitrogens with zero attached hydrogens (tertiary/aromatic N) is 1. The van der Waals surface area contributed by atoms with E-state index in [1.54, 1.807) is 11.9 Å². The van der Waals surface area contributed by atoms with Gasteiger partial charge >= 0.3 is 6.03 Å². The van der Waals surface area contributed by atoms with Crippen LogP contribution in [0.25, 0.3) is 0 Å². The molecule has 1 atom stereocenters.